The summed E-state index contributed by atoms with van der Waals surface area (Å²) >= 11 is 6.32. The molecule has 0 N–H and O–H groups in total. The number of hydrogen-bond acceptors (Lipinski definition) is 2. The topological polar surface area (TPSA) is 27.1 Å². The molecule has 0 radical (unpaired) electrons. The van der Waals surface area contributed by atoms with Gasteiger partial charge in [0.15, 0.2) is 5.82 Å². The van der Waals surface area contributed by atoms with Crippen LogP contribution in [0.5, 0.6) is 5.75 Å². The molecule has 2 aromatic rings. The molecule has 100 valence electrons. The van der Waals surface area contributed by atoms with Crippen molar-refractivity contribution in [2.45, 2.75) is 25.7 Å². The fraction of sp³-hybridized carbons (Fsp3) is 0.357. The Morgan fingerprint density at radius 3 is 2.79 bits per heavy atom. The zero-order valence-electron chi connectivity index (χ0n) is 10.6. The molecule has 0 amide bonds. The van der Waals surface area contributed by atoms with Crippen molar-refractivity contribution in [2.24, 2.45) is 0 Å². The van der Waals surface area contributed by atoms with Crippen molar-refractivity contribution in [3.8, 4) is 11.4 Å². The van der Waals surface area contributed by atoms with Crippen LogP contribution in [0.3, 0.4) is 0 Å². The van der Waals surface area contributed by atoms with Gasteiger partial charge in [0.1, 0.15) is 16.6 Å². The molecule has 3 rings (SSSR count). The van der Waals surface area contributed by atoms with Gasteiger partial charge in [-0.2, -0.15) is 5.10 Å². The van der Waals surface area contributed by atoms with E-state index in [-0.39, 0.29) is 5.82 Å². The number of nitrogens with zero attached hydrogens (tertiary/aromatic N) is 2. The minimum absolute atomic E-state index is 0.361. The van der Waals surface area contributed by atoms with E-state index in [4.69, 9.17) is 16.3 Å². The van der Waals surface area contributed by atoms with Crippen LogP contribution in [-0.2, 0) is 12.8 Å². The van der Waals surface area contributed by atoms with Gasteiger partial charge in [-0.3, -0.25) is 0 Å². The molecule has 1 aromatic carbocycles. The molecule has 19 heavy (non-hydrogen) atoms. The average Bonchev–Trinajstić information content (AvgIpc) is 2.76. The van der Waals surface area contributed by atoms with Crippen molar-refractivity contribution in [1.82, 2.24) is 9.78 Å². The van der Waals surface area contributed by atoms with E-state index >= 15 is 0 Å². The number of aromatic nitrogens is 2. The van der Waals surface area contributed by atoms with Crippen molar-refractivity contribution in [2.75, 3.05) is 7.11 Å². The van der Waals surface area contributed by atoms with E-state index in [0.29, 0.717) is 16.6 Å². The van der Waals surface area contributed by atoms with E-state index in [0.717, 1.165) is 36.9 Å². The van der Waals surface area contributed by atoms with Gasteiger partial charge in [-0.15, -0.1) is 0 Å². The normalized spacial score (nSPS) is 14.3. The summed E-state index contributed by atoms with van der Waals surface area (Å²) < 4.78 is 20.6. The summed E-state index contributed by atoms with van der Waals surface area (Å²) in [5.74, 6) is 0.0930. The van der Waals surface area contributed by atoms with Crippen LogP contribution in [0.1, 0.15) is 24.1 Å². The van der Waals surface area contributed by atoms with Crippen LogP contribution in [-0.4, -0.2) is 16.9 Å². The third-order valence-electron chi connectivity index (χ3n) is 3.48. The monoisotopic (exact) mass is 280 g/mol. The minimum Gasteiger partial charge on any atom is -0.497 e. The Hall–Kier alpha value is -1.55. The van der Waals surface area contributed by atoms with E-state index in [1.165, 1.54) is 17.9 Å². The Labute approximate surface area is 115 Å². The molecule has 0 saturated carbocycles. The Morgan fingerprint density at radius 1 is 1.32 bits per heavy atom. The predicted molar refractivity (Wildman–Crippen MR) is 71.7 cm³/mol. The maximum absolute atomic E-state index is 14.1. The maximum Gasteiger partial charge on any atom is 0.152 e. The van der Waals surface area contributed by atoms with Crippen molar-refractivity contribution in [3.63, 3.8) is 0 Å². The van der Waals surface area contributed by atoms with Crippen LogP contribution in [0.15, 0.2) is 18.2 Å². The van der Waals surface area contributed by atoms with Crippen LogP contribution in [0.4, 0.5) is 4.39 Å². The Balaban J connectivity index is 2.09. The first-order chi connectivity index (χ1) is 9.20. The van der Waals surface area contributed by atoms with Crippen molar-refractivity contribution >= 4 is 11.6 Å². The van der Waals surface area contributed by atoms with Crippen LogP contribution in [0.2, 0.25) is 5.15 Å². The lowest BCUT2D eigenvalue weighted by Gasteiger charge is -2.08. The molecule has 0 atom stereocenters. The number of halogens is 2. The van der Waals surface area contributed by atoms with Gasteiger partial charge in [0.05, 0.1) is 12.8 Å². The summed E-state index contributed by atoms with van der Waals surface area (Å²) in [5.41, 5.74) is 2.41. The second kappa shape index (κ2) is 4.85. The Morgan fingerprint density at radius 2 is 2.11 bits per heavy atom. The largest absolute Gasteiger partial charge is 0.497 e. The summed E-state index contributed by atoms with van der Waals surface area (Å²) in [6, 6.07) is 4.68. The van der Waals surface area contributed by atoms with Gasteiger partial charge >= 0.3 is 0 Å². The molecule has 1 heterocycles. The zero-order chi connectivity index (χ0) is 13.4. The molecule has 0 unspecified atom stereocenters. The second-order valence-corrected chi connectivity index (χ2v) is 5.01. The molecule has 1 aromatic heterocycles. The third-order valence-corrected chi connectivity index (χ3v) is 3.87. The summed E-state index contributed by atoms with van der Waals surface area (Å²) in [6.45, 7) is 0. The van der Waals surface area contributed by atoms with Crippen molar-refractivity contribution in [3.05, 3.63) is 40.4 Å². The van der Waals surface area contributed by atoms with Gasteiger partial charge in [0, 0.05) is 11.6 Å². The molecule has 1 aliphatic carbocycles. The van der Waals surface area contributed by atoms with E-state index in [2.05, 4.69) is 5.10 Å². The molecule has 0 bridgehead atoms. The first-order valence-electron chi connectivity index (χ1n) is 6.31. The quantitative estimate of drug-likeness (QED) is 0.841. The third kappa shape index (κ3) is 2.10. The van der Waals surface area contributed by atoms with Crippen LogP contribution >= 0.6 is 11.6 Å². The summed E-state index contributed by atoms with van der Waals surface area (Å²) in [6.07, 6.45) is 4.07. The van der Waals surface area contributed by atoms with Crippen LogP contribution in [0, 0.1) is 5.82 Å². The second-order valence-electron chi connectivity index (χ2n) is 4.65. The smallest absolute Gasteiger partial charge is 0.152 e. The number of ether oxygens (including phenoxy) is 1. The number of benzene rings is 1. The van der Waals surface area contributed by atoms with Gasteiger partial charge in [-0.25, -0.2) is 9.07 Å². The Kier molecular flexibility index (Phi) is 3.19. The lowest BCUT2D eigenvalue weighted by atomic mass is 9.99. The molecule has 0 saturated heterocycles. The number of rotatable bonds is 2. The summed E-state index contributed by atoms with van der Waals surface area (Å²) in [4.78, 5) is 0. The maximum atomic E-state index is 14.1. The van der Waals surface area contributed by atoms with Crippen LogP contribution in [0.25, 0.3) is 5.69 Å². The number of methoxy groups -OCH3 is 1. The van der Waals surface area contributed by atoms with Gasteiger partial charge in [-0.05, 0) is 37.8 Å². The first-order valence-corrected chi connectivity index (χ1v) is 6.68. The van der Waals surface area contributed by atoms with Gasteiger partial charge in [0.25, 0.3) is 0 Å². The molecule has 0 spiro atoms. The zero-order valence-corrected chi connectivity index (χ0v) is 11.4. The molecule has 0 aliphatic heterocycles. The highest BCUT2D eigenvalue weighted by atomic mass is 35.5. The lowest BCUT2D eigenvalue weighted by Crippen LogP contribution is -2.01. The Bertz CT molecular complexity index is 624. The number of hydrogen-bond donors (Lipinski definition) is 0. The van der Waals surface area contributed by atoms with Crippen molar-refractivity contribution in [1.29, 1.82) is 0 Å². The van der Waals surface area contributed by atoms with Gasteiger partial charge in [-0.1, -0.05) is 11.6 Å². The highest BCUT2D eigenvalue weighted by molar-refractivity contribution is 6.30. The standard InChI is InChI=1S/C14H14ClFN2O/c1-19-9-6-7-13(11(16)8-9)18-14(15)10-4-2-3-5-12(10)17-18/h6-8H,2-5H2,1H3. The lowest BCUT2D eigenvalue weighted by molar-refractivity contribution is 0.411. The summed E-state index contributed by atoms with van der Waals surface area (Å²) in [7, 11) is 1.51. The molecular formula is C14H14ClFN2O. The average molecular weight is 281 g/mol. The summed E-state index contributed by atoms with van der Waals surface area (Å²) in [5, 5.41) is 4.97. The van der Waals surface area contributed by atoms with Gasteiger partial charge < -0.3 is 4.74 Å². The van der Waals surface area contributed by atoms with E-state index in [1.807, 2.05) is 0 Å². The molecule has 1 aliphatic rings. The fourth-order valence-electron chi connectivity index (χ4n) is 2.46. The SMILES string of the molecule is COc1ccc(-n2nc3c(c2Cl)CCCC3)c(F)c1. The highest BCUT2D eigenvalue weighted by Crippen LogP contribution is 2.31. The molecule has 3 nitrogen and oxygen atoms in total. The van der Waals surface area contributed by atoms with E-state index < -0.39 is 0 Å². The predicted octanol–water partition coefficient (Wildman–Crippen LogP) is 3.55. The number of aryl methyl sites for hydroxylation is 1. The minimum atomic E-state index is -0.388. The molecule has 5 heteroatoms. The van der Waals surface area contributed by atoms with E-state index in [9.17, 15) is 4.39 Å². The molecular weight excluding hydrogens is 267 g/mol. The van der Waals surface area contributed by atoms with Crippen molar-refractivity contribution < 1.29 is 9.13 Å². The number of fused-ring (bicyclic) bond motifs is 1. The fourth-order valence-corrected chi connectivity index (χ4v) is 2.79. The first kappa shape index (κ1) is 12.5. The van der Waals surface area contributed by atoms with Crippen LogP contribution < -0.4 is 4.74 Å². The van der Waals surface area contributed by atoms with E-state index in [1.54, 1.807) is 12.1 Å². The molecule has 0 fully saturated rings. The highest BCUT2D eigenvalue weighted by Gasteiger charge is 2.21. The van der Waals surface area contributed by atoms with Gasteiger partial charge in [0.2, 0.25) is 0 Å².